The van der Waals surface area contributed by atoms with Gasteiger partial charge in [-0.05, 0) is 45.2 Å². The van der Waals surface area contributed by atoms with Crippen LogP contribution in [0.25, 0.3) is 10.8 Å². The molecule has 0 aromatic heterocycles. The smallest absolute Gasteiger partial charge is 0.379 e. The first-order valence-electron chi connectivity index (χ1n) is 11.2. The summed E-state index contributed by atoms with van der Waals surface area (Å²) in [5.41, 5.74) is 2.47. The quantitative estimate of drug-likeness (QED) is 0.392. The monoisotopic (exact) mass is 476 g/mol. The van der Waals surface area contributed by atoms with E-state index in [0.29, 0.717) is 15.7 Å². The van der Waals surface area contributed by atoms with Gasteiger partial charge in [0.25, 0.3) is 0 Å². The molecular weight excluding hydrogens is 445 g/mol. The Bertz CT molecular complexity index is 1150. The minimum Gasteiger partial charge on any atom is -0.379 e. The lowest BCUT2D eigenvalue weighted by Gasteiger charge is -2.25. The summed E-state index contributed by atoms with van der Waals surface area (Å²) in [4.78, 5) is 0.579. The Labute approximate surface area is 196 Å². The Kier molecular flexibility index (Phi) is 7.39. The largest absolute Gasteiger partial charge is 0.418 e. The highest BCUT2D eigenvalue weighted by molar-refractivity contribution is 7.85. The second-order valence-electron chi connectivity index (χ2n) is 9.41. The van der Waals surface area contributed by atoms with Gasteiger partial charge in [0, 0.05) is 5.56 Å². The van der Waals surface area contributed by atoms with E-state index in [2.05, 4.69) is 13.8 Å². The van der Waals surface area contributed by atoms with Crippen molar-refractivity contribution >= 4 is 21.6 Å². The summed E-state index contributed by atoms with van der Waals surface area (Å²) in [7, 11) is -1.93. The highest BCUT2D eigenvalue weighted by Crippen LogP contribution is 2.42. The first-order chi connectivity index (χ1) is 15.3. The number of hydrogen-bond acceptors (Lipinski definition) is 2. The van der Waals surface area contributed by atoms with E-state index in [9.17, 15) is 22.5 Å². The number of benzene rings is 3. The van der Waals surface area contributed by atoms with Gasteiger partial charge in [-0.1, -0.05) is 90.1 Å². The summed E-state index contributed by atoms with van der Waals surface area (Å²) in [6, 6.07) is 13.8. The molecular formula is C27H31F3O2S. The highest BCUT2D eigenvalue weighted by Gasteiger charge is 2.42. The molecule has 0 bridgehead atoms. The third kappa shape index (κ3) is 5.02. The second-order valence-corrected chi connectivity index (χ2v) is 10.8. The van der Waals surface area contributed by atoms with E-state index in [1.807, 2.05) is 39.8 Å². The van der Waals surface area contributed by atoms with Crippen molar-refractivity contribution in [1.29, 1.82) is 0 Å². The number of rotatable bonds is 6. The molecule has 33 heavy (non-hydrogen) atoms. The number of aliphatic hydroxyl groups is 1. The molecule has 0 saturated carbocycles. The molecule has 0 aliphatic heterocycles. The molecule has 6 heteroatoms. The average molecular weight is 477 g/mol. The lowest BCUT2D eigenvalue weighted by Crippen LogP contribution is -2.22. The zero-order valence-electron chi connectivity index (χ0n) is 19.8. The molecule has 2 nitrogen and oxygen atoms in total. The van der Waals surface area contributed by atoms with E-state index in [0.717, 1.165) is 16.7 Å². The molecule has 3 aromatic rings. The van der Waals surface area contributed by atoms with Gasteiger partial charge in [0.05, 0.1) is 20.6 Å². The Morgan fingerprint density at radius 3 is 1.79 bits per heavy atom. The summed E-state index contributed by atoms with van der Waals surface area (Å²) in [6.45, 7) is 12.2. The van der Waals surface area contributed by atoms with Gasteiger partial charge in [0.2, 0.25) is 0 Å². The van der Waals surface area contributed by atoms with E-state index in [-0.39, 0.29) is 28.2 Å². The Hall–Kier alpha value is -2.18. The van der Waals surface area contributed by atoms with Crippen LogP contribution in [0.2, 0.25) is 0 Å². The lowest BCUT2D eigenvalue weighted by molar-refractivity contribution is -0.207. The number of halogens is 3. The van der Waals surface area contributed by atoms with Gasteiger partial charge < -0.3 is 5.11 Å². The van der Waals surface area contributed by atoms with E-state index >= 15 is 0 Å². The molecule has 1 unspecified atom stereocenters. The zero-order chi connectivity index (χ0) is 24.7. The molecule has 2 atom stereocenters. The van der Waals surface area contributed by atoms with Crippen LogP contribution >= 0.6 is 0 Å². The average Bonchev–Trinajstić information content (AvgIpc) is 2.75. The van der Waals surface area contributed by atoms with Crippen molar-refractivity contribution in [3.8, 4) is 0 Å². The third-order valence-electron chi connectivity index (χ3n) is 5.96. The van der Waals surface area contributed by atoms with Crippen LogP contribution in [0.4, 0.5) is 13.2 Å². The Balaban J connectivity index is 2.42. The second kappa shape index (κ2) is 9.59. The summed E-state index contributed by atoms with van der Waals surface area (Å²) in [5.74, 6) is 0.292. The van der Waals surface area contributed by atoms with Crippen LogP contribution in [0, 0.1) is 0 Å². The van der Waals surface area contributed by atoms with Gasteiger partial charge in [-0.15, -0.1) is 0 Å². The molecule has 0 fully saturated rings. The van der Waals surface area contributed by atoms with Crippen LogP contribution in [-0.4, -0.2) is 15.5 Å². The van der Waals surface area contributed by atoms with Gasteiger partial charge in [0.1, 0.15) is 0 Å². The van der Waals surface area contributed by atoms with Gasteiger partial charge in [-0.25, -0.2) is 4.21 Å². The van der Waals surface area contributed by atoms with E-state index < -0.39 is 23.1 Å². The molecule has 0 aliphatic rings. The maximum atomic E-state index is 14.3. The zero-order valence-corrected chi connectivity index (χ0v) is 20.6. The minimum atomic E-state index is -4.87. The van der Waals surface area contributed by atoms with Crippen molar-refractivity contribution in [3.05, 3.63) is 70.8 Å². The summed E-state index contributed by atoms with van der Waals surface area (Å²) in [5, 5.41) is 11.3. The minimum absolute atomic E-state index is 0.0196. The fourth-order valence-corrected chi connectivity index (χ4v) is 6.07. The molecule has 0 spiro atoms. The van der Waals surface area contributed by atoms with E-state index in [1.165, 1.54) is 12.1 Å². The summed E-state index contributed by atoms with van der Waals surface area (Å²) in [6.07, 6.45) is -7.59. The van der Waals surface area contributed by atoms with Gasteiger partial charge >= 0.3 is 6.18 Å². The molecule has 0 radical (unpaired) electrons. The fourth-order valence-electron chi connectivity index (χ4n) is 4.06. The van der Waals surface area contributed by atoms with Crippen LogP contribution in [0.3, 0.4) is 0 Å². The first-order valence-corrected chi connectivity index (χ1v) is 12.4. The van der Waals surface area contributed by atoms with Crippen LogP contribution < -0.4 is 0 Å². The van der Waals surface area contributed by atoms with Crippen LogP contribution in [-0.2, 0) is 10.8 Å². The standard InChI is InChI=1S/C27H31F3O2S/c1-15(2)19-13-22(16(3)4)25(23(14-19)17(5)6)33(32)24-20-10-8-7-9-18(20)11-12-21(24)26(31)27(28,29)30/h7-17,26,31H,1-6H3/t26-,33?/m1/s1. The van der Waals surface area contributed by atoms with Crippen molar-refractivity contribution in [2.45, 2.75) is 81.4 Å². The maximum absolute atomic E-state index is 14.3. The SMILES string of the molecule is CC(C)c1cc(C(C)C)c(S(=O)c2c([C@@H](O)C(F)(F)F)ccc3ccccc23)c(C(C)C)c1. The first kappa shape index (κ1) is 25.4. The molecule has 1 N–H and O–H groups in total. The molecule has 0 aliphatic carbocycles. The van der Waals surface area contributed by atoms with E-state index in [4.69, 9.17) is 0 Å². The maximum Gasteiger partial charge on any atom is 0.418 e. The highest BCUT2D eigenvalue weighted by atomic mass is 32.2. The van der Waals surface area contributed by atoms with Gasteiger partial charge in [-0.3, -0.25) is 0 Å². The number of fused-ring (bicyclic) bond motifs is 1. The summed E-state index contributed by atoms with van der Waals surface area (Å²) >= 11 is 0. The predicted molar refractivity (Wildman–Crippen MR) is 128 cm³/mol. The van der Waals surface area contributed by atoms with E-state index in [1.54, 1.807) is 24.3 Å². The van der Waals surface area contributed by atoms with Gasteiger partial charge in [-0.2, -0.15) is 13.2 Å². The van der Waals surface area contributed by atoms with Crippen molar-refractivity contribution in [2.24, 2.45) is 0 Å². The Morgan fingerprint density at radius 2 is 1.30 bits per heavy atom. The molecule has 0 heterocycles. The predicted octanol–water partition coefficient (Wildman–Crippen LogP) is 7.97. The molecule has 0 saturated heterocycles. The normalized spacial score (nSPS) is 14.5. The van der Waals surface area contributed by atoms with Crippen molar-refractivity contribution in [1.82, 2.24) is 0 Å². The molecule has 0 amide bonds. The van der Waals surface area contributed by atoms with Crippen LogP contribution in [0.5, 0.6) is 0 Å². The molecule has 178 valence electrons. The van der Waals surface area contributed by atoms with Crippen molar-refractivity contribution in [2.75, 3.05) is 0 Å². The van der Waals surface area contributed by atoms with Crippen LogP contribution in [0.1, 0.15) is 87.7 Å². The Morgan fingerprint density at radius 1 is 0.758 bits per heavy atom. The lowest BCUT2D eigenvalue weighted by atomic mass is 9.89. The summed E-state index contributed by atoms with van der Waals surface area (Å²) < 4.78 is 55.0. The van der Waals surface area contributed by atoms with Gasteiger partial charge in [0.15, 0.2) is 6.10 Å². The third-order valence-corrected chi connectivity index (χ3v) is 7.63. The number of hydrogen-bond donors (Lipinski definition) is 1. The van der Waals surface area contributed by atoms with Crippen molar-refractivity contribution < 1.29 is 22.5 Å². The molecule has 3 aromatic carbocycles. The molecule has 3 rings (SSSR count). The number of aliphatic hydroxyl groups excluding tert-OH is 1. The van der Waals surface area contributed by atoms with Crippen molar-refractivity contribution in [3.63, 3.8) is 0 Å². The van der Waals surface area contributed by atoms with Crippen LogP contribution in [0.15, 0.2) is 58.3 Å². The fraction of sp³-hybridized carbons (Fsp3) is 0.407. The number of alkyl halides is 3. The topological polar surface area (TPSA) is 37.3 Å².